The van der Waals surface area contributed by atoms with Gasteiger partial charge in [0.15, 0.2) is 0 Å². The van der Waals surface area contributed by atoms with Gasteiger partial charge in [0.25, 0.3) is 5.91 Å². The summed E-state index contributed by atoms with van der Waals surface area (Å²) in [6.45, 7) is 3.23. The number of rotatable bonds is 4. The number of carbonyl (C=O) groups is 1. The van der Waals surface area contributed by atoms with E-state index < -0.39 is 29.7 Å². The first kappa shape index (κ1) is 16.1. The van der Waals surface area contributed by atoms with Gasteiger partial charge >= 0.3 is 0 Å². The molecule has 0 radical (unpaired) electrons. The zero-order valence-corrected chi connectivity index (χ0v) is 12.3. The number of aryl methyl sites for hydroxylation is 1. The Hall–Kier alpha value is -2.27. The Morgan fingerprint density at radius 2 is 1.77 bits per heavy atom. The fourth-order valence-corrected chi connectivity index (χ4v) is 2.05. The minimum absolute atomic E-state index is 0.182. The van der Waals surface area contributed by atoms with Crippen molar-refractivity contribution in [3.05, 3.63) is 70.8 Å². The van der Waals surface area contributed by atoms with Crippen molar-refractivity contribution < 1.29 is 18.7 Å². The fraction of sp³-hybridized carbons (Fsp3) is 0.235. The van der Waals surface area contributed by atoms with Gasteiger partial charge in [-0.15, -0.1) is 0 Å². The summed E-state index contributed by atoms with van der Waals surface area (Å²) in [7, 11) is 0. The molecule has 5 heteroatoms. The van der Waals surface area contributed by atoms with Crippen LogP contribution in [0.1, 0.15) is 34.5 Å². The molecule has 2 rings (SSSR count). The van der Waals surface area contributed by atoms with Crippen LogP contribution in [-0.2, 0) is 0 Å². The van der Waals surface area contributed by atoms with Gasteiger partial charge in [-0.25, -0.2) is 8.78 Å². The molecule has 2 atom stereocenters. The molecule has 116 valence electrons. The smallest absolute Gasteiger partial charge is 0.251 e. The standard InChI is InChI=1S/C17H17F2NO2/c1-10-3-4-13(9-15(10)19)17(22)20-11(2)16(21)12-5-7-14(18)8-6-12/h3-9,11,16,21H,1-2H3,(H,20,22). The van der Waals surface area contributed by atoms with Gasteiger partial charge in [-0.3, -0.25) is 4.79 Å². The summed E-state index contributed by atoms with van der Waals surface area (Å²) in [5.41, 5.74) is 1.13. The highest BCUT2D eigenvalue weighted by atomic mass is 19.1. The normalized spacial score (nSPS) is 13.5. The first-order valence-electron chi connectivity index (χ1n) is 6.89. The van der Waals surface area contributed by atoms with Gasteiger partial charge in [0.1, 0.15) is 11.6 Å². The first-order valence-corrected chi connectivity index (χ1v) is 6.89. The zero-order valence-electron chi connectivity index (χ0n) is 12.3. The number of nitrogens with one attached hydrogen (secondary N) is 1. The Kier molecular flexibility index (Phi) is 4.88. The molecule has 0 aliphatic carbocycles. The molecule has 0 saturated heterocycles. The SMILES string of the molecule is Cc1ccc(C(=O)NC(C)C(O)c2ccc(F)cc2)cc1F. The average Bonchev–Trinajstić information content (AvgIpc) is 2.50. The second-order valence-electron chi connectivity index (χ2n) is 5.22. The number of hydrogen-bond acceptors (Lipinski definition) is 2. The lowest BCUT2D eigenvalue weighted by atomic mass is 10.0. The van der Waals surface area contributed by atoms with Crippen molar-refractivity contribution in [2.45, 2.75) is 26.0 Å². The third-order valence-corrected chi connectivity index (χ3v) is 3.48. The van der Waals surface area contributed by atoms with Crippen LogP contribution in [0.4, 0.5) is 8.78 Å². The highest BCUT2D eigenvalue weighted by Crippen LogP contribution is 2.18. The van der Waals surface area contributed by atoms with E-state index in [2.05, 4.69) is 5.32 Å². The molecular formula is C17H17F2NO2. The number of halogens is 2. The average molecular weight is 305 g/mol. The maximum atomic E-state index is 13.5. The molecule has 0 heterocycles. The number of aliphatic hydroxyl groups excluding tert-OH is 1. The number of carbonyl (C=O) groups excluding carboxylic acids is 1. The summed E-state index contributed by atoms with van der Waals surface area (Å²) in [5.74, 6) is -1.34. The van der Waals surface area contributed by atoms with Gasteiger partial charge in [-0.1, -0.05) is 18.2 Å². The van der Waals surface area contributed by atoms with Gasteiger partial charge < -0.3 is 10.4 Å². The van der Waals surface area contributed by atoms with Crippen LogP contribution >= 0.6 is 0 Å². The molecule has 2 aromatic carbocycles. The minimum Gasteiger partial charge on any atom is -0.386 e. The molecule has 0 bridgehead atoms. The monoisotopic (exact) mass is 305 g/mol. The Balaban J connectivity index is 2.07. The maximum Gasteiger partial charge on any atom is 0.251 e. The molecular weight excluding hydrogens is 288 g/mol. The third kappa shape index (κ3) is 3.68. The minimum atomic E-state index is -0.986. The van der Waals surface area contributed by atoms with Crippen LogP contribution in [0.25, 0.3) is 0 Å². The van der Waals surface area contributed by atoms with Crippen LogP contribution in [0.2, 0.25) is 0 Å². The number of hydrogen-bond donors (Lipinski definition) is 2. The molecule has 0 saturated carbocycles. The quantitative estimate of drug-likeness (QED) is 0.912. The Morgan fingerprint density at radius 3 is 2.36 bits per heavy atom. The molecule has 0 aliphatic heterocycles. The lowest BCUT2D eigenvalue weighted by Crippen LogP contribution is -2.37. The second kappa shape index (κ2) is 6.66. The topological polar surface area (TPSA) is 49.3 Å². The summed E-state index contributed by atoms with van der Waals surface area (Å²) in [6, 6.07) is 8.97. The van der Waals surface area contributed by atoms with Crippen molar-refractivity contribution in [1.29, 1.82) is 0 Å². The van der Waals surface area contributed by atoms with Crippen LogP contribution in [-0.4, -0.2) is 17.1 Å². The molecule has 2 N–H and O–H groups in total. The molecule has 1 amide bonds. The van der Waals surface area contributed by atoms with E-state index in [1.165, 1.54) is 36.4 Å². The van der Waals surface area contributed by atoms with Gasteiger partial charge in [-0.2, -0.15) is 0 Å². The van der Waals surface area contributed by atoms with Crippen molar-refractivity contribution >= 4 is 5.91 Å². The summed E-state index contributed by atoms with van der Waals surface area (Å²) in [5, 5.41) is 12.8. The Morgan fingerprint density at radius 1 is 1.14 bits per heavy atom. The largest absolute Gasteiger partial charge is 0.386 e. The molecule has 2 aromatic rings. The molecule has 0 fully saturated rings. The number of amides is 1. The molecule has 3 nitrogen and oxygen atoms in total. The van der Waals surface area contributed by atoms with Gasteiger partial charge in [-0.05, 0) is 49.2 Å². The summed E-state index contributed by atoms with van der Waals surface area (Å²) in [6.07, 6.45) is -0.986. The van der Waals surface area contributed by atoms with Gasteiger partial charge in [0.2, 0.25) is 0 Å². The summed E-state index contributed by atoms with van der Waals surface area (Å²) >= 11 is 0. The van der Waals surface area contributed by atoms with Crippen LogP contribution in [0.5, 0.6) is 0 Å². The molecule has 22 heavy (non-hydrogen) atoms. The van der Waals surface area contributed by atoms with Crippen molar-refractivity contribution in [2.24, 2.45) is 0 Å². The van der Waals surface area contributed by atoms with E-state index in [0.29, 0.717) is 11.1 Å². The predicted octanol–water partition coefficient (Wildman–Crippen LogP) is 3.13. The van der Waals surface area contributed by atoms with Crippen molar-refractivity contribution in [1.82, 2.24) is 5.32 Å². The maximum absolute atomic E-state index is 13.5. The molecule has 0 aliphatic rings. The fourth-order valence-electron chi connectivity index (χ4n) is 2.05. The van der Waals surface area contributed by atoms with Crippen LogP contribution < -0.4 is 5.32 Å². The van der Waals surface area contributed by atoms with E-state index in [1.807, 2.05) is 0 Å². The third-order valence-electron chi connectivity index (χ3n) is 3.48. The zero-order chi connectivity index (χ0) is 16.3. The van der Waals surface area contributed by atoms with Crippen LogP contribution in [0.3, 0.4) is 0 Å². The highest BCUT2D eigenvalue weighted by molar-refractivity contribution is 5.94. The molecule has 2 unspecified atom stereocenters. The highest BCUT2D eigenvalue weighted by Gasteiger charge is 2.19. The molecule has 0 spiro atoms. The Labute approximate surface area is 127 Å². The van der Waals surface area contributed by atoms with E-state index in [-0.39, 0.29) is 5.56 Å². The molecule has 0 aromatic heterocycles. The van der Waals surface area contributed by atoms with Crippen LogP contribution in [0.15, 0.2) is 42.5 Å². The summed E-state index contributed by atoms with van der Waals surface area (Å²) in [4.78, 5) is 12.1. The van der Waals surface area contributed by atoms with E-state index in [9.17, 15) is 18.7 Å². The summed E-state index contributed by atoms with van der Waals surface area (Å²) < 4.78 is 26.3. The van der Waals surface area contributed by atoms with Gasteiger partial charge in [0.05, 0.1) is 12.1 Å². The number of benzene rings is 2. The lowest BCUT2D eigenvalue weighted by Gasteiger charge is -2.20. The predicted molar refractivity (Wildman–Crippen MR) is 79.4 cm³/mol. The van der Waals surface area contributed by atoms with Crippen molar-refractivity contribution in [3.8, 4) is 0 Å². The van der Waals surface area contributed by atoms with Crippen molar-refractivity contribution in [2.75, 3.05) is 0 Å². The first-order chi connectivity index (χ1) is 10.4. The van der Waals surface area contributed by atoms with Gasteiger partial charge in [0, 0.05) is 5.56 Å². The second-order valence-corrected chi connectivity index (χ2v) is 5.22. The van der Waals surface area contributed by atoms with E-state index in [1.54, 1.807) is 13.8 Å². The Bertz CT molecular complexity index is 671. The number of aliphatic hydroxyl groups is 1. The van der Waals surface area contributed by atoms with E-state index in [0.717, 1.165) is 6.07 Å². The van der Waals surface area contributed by atoms with Crippen LogP contribution in [0, 0.1) is 18.6 Å². The lowest BCUT2D eigenvalue weighted by molar-refractivity contribution is 0.0851. The van der Waals surface area contributed by atoms with E-state index >= 15 is 0 Å². The van der Waals surface area contributed by atoms with Crippen molar-refractivity contribution in [3.63, 3.8) is 0 Å². The van der Waals surface area contributed by atoms with E-state index in [4.69, 9.17) is 0 Å².